The van der Waals surface area contributed by atoms with E-state index in [1.54, 1.807) is 0 Å². The molecule has 0 aromatic rings. The van der Waals surface area contributed by atoms with Gasteiger partial charge in [0.25, 0.3) is 0 Å². The van der Waals surface area contributed by atoms with E-state index >= 15 is 0 Å². The van der Waals surface area contributed by atoms with Crippen molar-refractivity contribution in [2.45, 2.75) is 40.0 Å². The number of allylic oxidation sites excluding steroid dienone is 2. The first-order valence-corrected chi connectivity index (χ1v) is 7.13. The van der Waals surface area contributed by atoms with Crippen LogP contribution in [-0.4, -0.2) is 26.3 Å². The quantitative estimate of drug-likeness (QED) is 0.518. The van der Waals surface area contributed by atoms with Crippen molar-refractivity contribution >= 4 is 0 Å². The fourth-order valence-corrected chi connectivity index (χ4v) is 2.13. The second kappa shape index (κ2) is 8.71. The molecule has 0 fully saturated rings. The summed E-state index contributed by atoms with van der Waals surface area (Å²) in [6.45, 7) is 10.7. The molecule has 0 amide bonds. The Morgan fingerprint density at radius 2 is 2.00 bits per heavy atom. The highest BCUT2D eigenvalue weighted by Gasteiger charge is 2.17. The van der Waals surface area contributed by atoms with Gasteiger partial charge in [-0.2, -0.15) is 0 Å². The van der Waals surface area contributed by atoms with Crippen LogP contribution < -0.4 is 5.32 Å². The molecule has 0 heterocycles. The van der Waals surface area contributed by atoms with Crippen LogP contribution in [0.2, 0.25) is 0 Å². The smallest absolute Gasteiger partial charge is 0.0591 e. The maximum Gasteiger partial charge on any atom is 0.0591 e. The van der Waals surface area contributed by atoms with Crippen molar-refractivity contribution in [3.05, 3.63) is 12.2 Å². The molecule has 0 saturated carbocycles. The van der Waals surface area contributed by atoms with Crippen molar-refractivity contribution in [3.8, 4) is 0 Å². The zero-order valence-electron chi connectivity index (χ0n) is 11.7. The number of rotatable bonds is 8. The van der Waals surface area contributed by atoms with E-state index in [2.05, 4.69) is 38.2 Å². The van der Waals surface area contributed by atoms with Crippen molar-refractivity contribution < 1.29 is 4.74 Å². The molecule has 0 aromatic carbocycles. The van der Waals surface area contributed by atoms with Gasteiger partial charge in [-0.15, -0.1) is 0 Å². The lowest BCUT2D eigenvalue weighted by Crippen LogP contribution is -2.25. The van der Waals surface area contributed by atoms with Gasteiger partial charge >= 0.3 is 0 Å². The van der Waals surface area contributed by atoms with E-state index < -0.39 is 0 Å². The summed E-state index contributed by atoms with van der Waals surface area (Å²) in [6.07, 6.45) is 8.27. The SMILES string of the molecule is CC(C)CCNCCOCC1CC=CCC1C. The minimum Gasteiger partial charge on any atom is -0.380 e. The largest absolute Gasteiger partial charge is 0.380 e. The maximum absolute atomic E-state index is 5.75. The molecule has 2 atom stereocenters. The summed E-state index contributed by atoms with van der Waals surface area (Å²) in [6, 6.07) is 0. The molecule has 1 aliphatic carbocycles. The van der Waals surface area contributed by atoms with Crippen molar-refractivity contribution in [2.24, 2.45) is 17.8 Å². The molecule has 0 bridgehead atoms. The van der Waals surface area contributed by atoms with Gasteiger partial charge in [0, 0.05) is 6.54 Å². The Morgan fingerprint density at radius 3 is 2.71 bits per heavy atom. The lowest BCUT2D eigenvalue weighted by Gasteiger charge is -2.24. The second-order valence-corrected chi connectivity index (χ2v) is 5.69. The first-order chi connectivity index (χ1) is 8.20. The van der Waals surface area contributed by atoms with Gasteiger partial charge in [0.1, 0.15) is 0 Å². The highest BCUT2D eigenvalue weighted by molar-refractivity contribution is 4.93. The van der Waals surface area contributed by atoms with Gasteiger partial charge in [-0.3, -0.25) is 0 Å². The zero-order valence-corrected chi connectivity index (χ0v) is 11.7. The van der Waals surface area contributed by atoms with Gasteiger partial charge in [0.15, 0.2) is 0 Å². The molecule has 2 nitrogen and oxygen atoms in total. The average molecular weight is 239 g/mol. The fourth-order valence-electron chi connectivity index (χ4n) is 2.13. The summed E-state index contributed by atoms with van der Waals surface area (Å²) < 4.78 is 5.75. The Morgan fingerprint density at radius 1 is 1.24 bits per heavy atom. The van der Waals surface area contributed by atoms with Crippen LogP contribution in [0.3, 0.4) is 0 Å². The molecule has 0 spiro atoms. The predicted molar refractivity (Wildman–Crippen MR) is 74.2 cm³/mol. The van der Waals surface area contributed by atoms with Crippen LogP contribution in [0.25, 0.3) is 0 Å². The first-order valence-electron chi connectivity index (χ1n) is 7.13. The maximum atomic E-state index is 5.75. The number of hydrogen-bond acceptors (Lipinski definition) is 2. The molecular weight excluding hydrogens is 210 g/mol. The van der Waals surface area contributed by atoms with Crippen LogP contribution in [0.1, 0.15) is 40.0 Å². The number of ether oxygens (including phenoxy) is 1. The molecule has 0 aromatic heterocycles. The summed E-state index contributed by atoms with van der Waals surface area (Å²) in [5.74, 6) is 2.31. The van der Waals surface area contributed by atoms with Gasteiger partial charge in [-0.25, -0.2) is 0 Å². The molecule has 0 radical (unpaired) electrons. The van der Waals surface area contributed by atoms with E-state index in [9.17, 15) is 0 Å². The summed E-state index contributed by atoms with van der Waals surface area (Å²) in [5, 5.41) is 3.43. The predicted octanol–water partition coefficient (Wildman–Crippen LogP) is 3.24. The number of nitrogens with one attached hydrogen (secondary N) is 1. The Bertz CT molecular complexity index is 213. The molecular formula is C15H29NO. The van der Waals surface area contributed by atoms with Crippen LogP contribution in [0, 0.1) is 17.8 Å². The minimum atomic E-state index is 0.732. The zero-order chi connectivity index (χ0) is 12.5. The third kappa shape index (κ3) is 6.85. The summed E-state index contributed by atoms with van der Waals surface area (Å²) in [4.78, 5) is 0. The van der Waals surface area contributed by atoms with Crippen LogP contribution >= 0.6 is 0 Å². The Hall–Kier alpha value is -0.340. The van der Waals surface area contributed by atoms with E-state index in [1.807, 2.05) is 0 Å². The van der Waals surface area contributed by atoms with E-state index in [1.165, 1.54) is 19.3 Å². The minimum absolute atomic E-state index is 0.732. The summed E-state index contributed by atoms with van der Waals surface area (Å²) in [5.41, 5.74) is 0. The van der Waals surface area contributed by atoms with Gasteiger partial charge in [-0.05, 0) is 43.6 Å². The third-order valence-electron chi connectivity index (χ3n) is 3.57. The van der Waals surface area contributed by atoms with E-state index in [0.29, 0.717) is 0 Å². The molecule has 2 unspecified atom stereocenters. The Kier molecular flexibility index (Phi) is 7.54. The van der Waals surface area contributed by atoms with Crippen molar-refractivity contribution in [2.75, 3.05) is 26.3 Å². The van der Waals surface area contributed by atoms with Gasteiger partial charge in [-0.1, -0.05) is 32.9 Å². The molecule has 1 aliphatic rings. The molecule has 17 heavy (non-hydrogen) atoms. The van der Waals surface area contributed by atoms with Crippen LogP contribution in [0.15, 0.2) is 12.2 Å². The van der Waals surface area contributed by atoms with Crippen LogP contribution in [-0.2, 0) is 4.74 Å². The molecule has 1 N–H and O–H groups in total. The lowest BCUT2D eigenvalue weighted by atomic mass is 9.85. The lowest BCUT2D eigenvalue weighted by molar-refractivity contribution is 0.0808. The van der Waals surface area contributed by atoms with Crippen molar-refractivity contribution in [1.82, 2.24) is 5.32 Å². The van der Waals surface area contributed by atoms with E-state index in [4.69, 9.17) is 4.74 Å². The molecule has 2 heteroatoms. The van der Waals surface area contributed by atoms with Crippen LogP contribution in [0.5, 0.6) is 0 Å². The normalized spacial score (nSPS) is 24.5. The highest BCUT2D eigenvalue weighted by Crippen LogP contribution is 2.24. The van der Waals surface area contributed by atoms with Crippen molar-refractivity contribution in [3.63, 3.8) is 0 Å². The standard InChI is InChI=1S/C15H29NO/c1-13(2)8-9-16-10-11-17-12-15-7-5-4-6-14(15)3/h4-5,13-16H,6-12H2,1-3H3. The first kappa shape index (κ1) is 14.7. The van der Waals surface area contributed by atoms with Gasteiger partial charge in [0.2, 0.25) is 0 Å². The average Bonchev–Trinajstić information content (AvgIpc) is 2.30. The van der Waals surface area contributed by atoms with E-state index in [0.717, 1.165) is 44.1 Å². The topological polar surface area (TPSA) is 21.3 Å². The molecule has 1 rings (SSSR count). The summed E-state index contributed by atoms with van der Waals surface area (Å²) in [7, 11) is 0. The monoisotopic (exact) mass is 239 g/mol. The molecule has 0 saturated heterocycles. The Balaban J connectivity index is 1.92. The molecule has 0 aliphatic heterocycles. The van der Waals surface area contributed by atoms with Gasteiger partial charge in [0.05, 0.1) is 13.2 Å². The second-order valence-electron chi connectivity index (χ2n) is 5.69. The third-order valence-corrected chi connectivity index (χ3v) is 3.57. The highest BCUT2D eigenvalue weighted by atomic mass is 16.5. The Labute approximate surface area is 107 Å². The van der Waals surface area contributed by atoms with Gasteiger partial charge < -0.3 is 10.1 Å². The number of hydrogen-bond donors (Lipinski definition) is 1. The van der Waals surface area contributed by atoms with Crippen molar-refractivity contribution in [1.29, 1.82) is 0 Å². The fraction of sp³-hybridized carbons (Fsp3) is 0.867. The van der Waals surface area contributed by atoms with Crippen LogP contribution in [0.4, 0.5) is 0 Å². The summed E-state index contributed by atoms with van der Waals surface area (Å²) >= 11 is 0. The van der Waals surface area contributed by atoms with E-state index in [-0.39, 0.29) is 0 Å². The molecule has 100 valence electrons.